The first-order valence-corrected chi connectivity index (χ1v) is 9.14. The maximum absolute atomic E-state index is 11.6. The van der Waals surface area contributed by atoms with Gasteiger partial charge in [-0.1, -0.05) is 12.1 Å². The third kappa shape index (κ3) is 10.6. The van der Waals surface area contributed by atoms with E-state index in [-0.39, 0.29) is 5.97 Å². The Kier molecular flexibility index (Phi) is 9.55. The molecule has 146 valence electrons. The highest BCUT2D eigenvalue weighted by Gasteiger charge is 2.15. The van der Waals surface area contributed by atoms with Crippen LogP contribution in [0.5, 0.6) is 5.75 Å². The van der Waals surface area contributed by atoms with E-state index in [4.69, 9.17) is 14.2 Å². The monoisotopic (exact) mass is 365 g/mol. The summed E-state index contributed by atoms with van der Waals surface area (Å²) in [6.45, 7) is 8.75. The van der Waals surface area contributed by atoms with Crippen molar-refractivity contribution in [2.45, 2.75) is 59.0 Å². The van der Waals surface area contributed by atoms with E-state index in [1.807, 2.05) is 45.0 Å². The molecule has 0 saturated heterocycles. The van der Waals surface area contributed by atoms with Crippen LogP contribution in [0.15, 0.2) is 24.3 Å². The molecule has 0 heterocycles. The molecule has 1 aromatic carbocycles. The van der Waals surface area contributed by atoms with Gasteiger partial charge in [-0.3, -0.25) is 4.79 Å². The number of nitrogens with one attached hydrogen (secondary N) is 1. The lowest BCUT2D eigenvalue weighted by molar-refractivity contribution is -0.143. The van der Waals surface area contributed by atoms with Crippen LogP contribution in [-0.2, 0) is 20.7 Å². The molecule has 0 spiro atoms. The van der Waals surface area contributed by atoms with Gasteiger partial charge in [-0.25, -0.2) is 4.79 Å². The molecule has 0 fully saturated rings. The van der Waals surface area contributed by atoms with Gasteiger partial charge in [0.15, 0.2) is 0 Å². The molecule has 0 unspecified atom stereocenters. The van der Waals surface area contributed by atoms with E-state index in [9.17, 15) is 9.59 Å². The first kappa shape index (κ1) is 21.8. The molecule has 0 saturated carbocycles. The SMILES string of the molecule is CCOC(=O)CCCOc1cccc(CCCNC(=O)OC(C)(C)C)c1. The minimum Gasteiger partial charge on any atom is -0.494 e. The number of carbonyl (C=O) groups is 2. The largest absolute Gasteiger partial charge is 0.494 e. The van der Waals surface area contributed by atoms with Gasteiger partial charge in [0.1, 0.15) is 11.4 Å². The normalized spacial score (nSPS) is 10.9. The predicted molar refractivity (Wildman–Crippen MR) is 100 cm³/mol. The number of alkyl carbamates (subject to hydrolysis) is 1. The van der Waals surface area contributed by atoms with Gasteiger partial charge in [0, 0.05) is 13.0 Å². The van der Waals surface area contributed by atoms with Crippen LogP contribution in [0.25, 0.3) is 0 Å². The zero-order valence-corrected chi connectivity index (χ0v) is 16.3. The number of aryl methyl sites for hydroxylation is 1. The lowest BCUT2D eigenvalue weighted by atomic mass is 10.1. The number of benzene rings is 1. The van der Waals surface area contributed by atoms with Gasteiger partial charge in [0.2, 0.25) is 0 Å². The van der Waals surface area contributed by atoms with E-state index in [0.29, 0.717) is 32.6 Å². The maximum atomic E-state index is 11.6. The van der Waals surface area contributed by atoms with Gasteiger partial charge in [-0.05, 0) is 64.7 Å². The Morgan fingerprint density at radius 3 is 2.62 bits per heavy atom. The Hall–Kier alpha value is -2.24. The minimum atomic E-state index is -0.483. The standard InChI is InChI=1S/C20H31NO5/c1-5-24-18(22)12-8-14-25-17-11-6-9-16(15-17)10-7-13-21-19(23)26-20(2,3)4/h6,9,11,15H,5,7-8,10,12-14H2,1-4H3,(H,21,23). The lowest BCUT2D eigenvalue weighted by Gasteiger charge is -2.19. The fraction of sp³-hybridized carbons (Fsp3) is 0.600. The van der Waals surface area contributed by atoms with Crippen molar-refractivity contribution in [3.63, 3.8) is 0 Å². The average Bonchev–Trinajstić information content (AvgIpc) is 2.55. The second kappa shape index (κ2) is 11.4. The molecular weight excluding hydrogens is 334 g/mol. The second-order valence-corrected chi connectivity index (χ2v) is 6.94. The third-order valence-electron chi connectivity index (χ3n) is 3.31. The highest BCUT2D eigenvalue weighted by molar-refractivity contribution is 5.69. The topological polar surface area (TPSA) is 73.9 Å². The molecule has 0 aliphatic heterocycles. The van der Waals surface area contributed by atoms with Crippen LogP contribution in [0.1, 0.15) is 52.5 Å². The van der Waals surface area contributed by atoms with Crippen molar-refractivity contribution in [2.24, 2.45) is 0 Å². The molecule has 1 aromatic rings. The van der Waals surface area contributed by atoms with Gasteiger partial charge in [-0.15, -0.1) is 0 Å². The van der Waals surface area contributed by atoms with Gasteiger partial charge >= 0.3 is 12.1 Å². The highest BCUT2D eigenvalue weighted by atomic mass is 16.6. The molecule has 6 nitrogen and oxygen atoms in total. The first-order valence-electron chi connectivity index (χ1n) is 9.14. The van der Waals surface area contributed by atoms with Crippen molar-refractivity contribution >= 4 is 12.1 Å². The summed E-state index contributed by atoms with van der Waals surface area (Å²) in [7, 11) is 0. The summed E-state index contributed by atoms with van der Waals surface area (Å²) in [5.74, 6) is 0.591. The zero-order chi connectivity index (χ0) is 19.4. The number of amides is 1. The van der Waals surface area contributed by atoms with Gasteiger partial charge in [-0.2, -0.15) is 0 Å². The van der Waals surface area contributed by atoms with Crippen LogP contribution in [0, 0.1) is 0 Å². The molecule has 1 amide bonds. The molecule has 0 radical (unpaired) electrons. The molecule has 0 aromatic heterocycles. The van der Waals surface area contributed by atoms with Crippen LogP contribution in [-0.4, -0.2) is 37.4 Å². The van der Waals surface area contributed by atoms with Crippen molar-refractivity contribution in [3.05, 3.63) is 29.8 Å². The fourth-order valence-electron chi connectivity index (χ4n) is 2.23. The molecule has 6 heteroatoms. The molecule has 26 heavy (non-hydrogen) atoms. The number of esters is 1. The van der Waals surface area contributed by atoms with Crippen molar-refractivity contribution in [1.29, 1.82) is 0 Å². The van der Waals surface area contributed by atoms with Crippen LogP contribution >= 0.6 is 0 Å². The molecular formula is C20H31NO5. The third-order valence-corrected chi connectivity index (χ3v) is 3.31. The lowest BCUT2D eigenvalue weighted by Crippen LogP contribution is -2.33. The number of carbonyl (C=O) groups excluding carboxylic acids is 2. The molecule has 0 atom stereocenters. The number of rotatable bonds is 10. The molecule has 0 bridgehead atoms. The zero-order valence-electron chi connectivity index (χ0n) is 16.3. The molecule has 1 rings (SSSR count). The summed E-state index contributed by atoms with van der Waals surface area (Å²) >= 11 is 0. The van der Waals surface area contributed by atoms with Crippen LogP contribution in [0.2, 0.25) is 0 Å². The molecule has 1 N–H and O–H groups in total. The van der Waals surface area contributed by atoms with Gasteiger partial charge in [0.25, 0.3) is 0 Å². The second-order valence-electron chi connectivity index (χ2n) is 6.94. The Morgan fingerprint density at radius 1 is 1.15 bits per heavy atom. The number of hydrogen-bond donors (Lipinski definition) is 1. The minimum absolute atomic E-state index is 0.192. The average molecular weight is 365 g/mol. The number of hydrogen-bond acceptors (Lipinski definition) is 5. The van der Waals surface area contributed by atoms with Crippen LogP contribution in [0.3, 0.4) is 0 Å². The van der Waals surface area contributed by atoms with Crippen LogP contribution < -0.4 is 10.1 Å². The van der Waals surface area contributed by atoms with Crippen LogP contribution in [0.4, 0.5) is 4.79 Å². The summed E-state index contributed by atoms with van der Waals surface area (Å²) in [4.78, 5) is 22.8. The Morgan fingerprint density at radius 2 is 1.92 bits per heavy atom. The van der Waals surface area contributed by atoms with Gasteiger partial charge < -0.3 is 19.5 Å². The molecule has 0 aliphatic rings. The van der Waals surface area contributed by atoms with Gasteiger partial charge in [0.05, 0.1) is 13.2 Å². The fourth-order valence-corrected chi connectivity index (χ4v) is 2.23. The van der Waals surface area contributed by atoms with Crippen molar-refractivity contribution in [2.75, 3.05) is 19.8 Å². The summed E-state index contributed by atoms with van der Waals surface area (Å²) in [6, 6.07) is 7.85. The van der Waals surface area contributed by atoms with E-state index in [1.165, 1.54) is 0 Å². The van der Waals surface area contributed by atoms with Crippen molar-refractivity contribution < 1.29 is 23.8 Å². The first-order chi connectivity index (χ1) is 12.3. The summed E-state index contributed by atoms with van der Waals surface area (Å²) in [6.07, 6.45) is 2.24. The van der Waals surface area contributed by atoms with E-state index < -0.39 is 11.7 Å². The smallest absolute Gasteiger partial charge is 0.407 e. The van der Waals surface area contributed by atoms with E-state index in [1.54, 1.807) is 6.92 Å². The van der Waals surface area contributed by atoms with E-state index in [0.717, 1.165) is 24.2 Å². The maximum Gasteiger partial charge on any atom is 0.407 e. The quantitative estimate of drug-likeness (QED) is 0.503. The van der Waals surface area contributed by atoms with E-state index >= 15 is 0 Å². The molecule has 0 aliphatic carbocycles. The number of ether oxygens (including phenoxy) is 3. The summed E-state index contributed by atoms with van der Waals surface area (Å²) in [5.41, 5.74) is 0.655. The predicted octanol–water partition coefficient (Wildman–Crippen LogP) is 3.87. The summed E-state index contributed by atoms with van der Waals surface area (Å²) < 4.78 is 15.7. The Balaban J connectivity index is 2.25. The Labute approximate surface area is 156 Å². The highest BCUT2D eigenvalue weighted by Crippen LogP contribution is 2.15. The van der Waals surface area contributed by atoms with Crippen molar-refractivity contribution in [1.82, 2.24) is 5.32 Å². The summed E-state index contributed by atoms with van der Waals surface area (Å²) in [5, 5.41) is 2.75. The van der Waals surface area contributed by atoms with Crippen molar-refractivity contribution in [3.8, 4) is 5.75 Å². The van der Waals surface area contributed by atoms with E-state index in [2.05, 4.69) is 5.32 Å². The Bertz CT molecular complexity index is 566.